The fraction of sp³-hybridized carbons (Fsp3) is 0.211. The van der Waals surface area contributed by atoms with E-state index in [1.165, 1.54) is 11.3 Å². The van der Waals surface area contributed by atoms with E-state index in [-0.39, 0.29) is 25.0 Å². The Kier molecular flexibility index (Phi) is 5.87. The van der Waals surface area contributed by atoms with Crippen LogP contribution in [-0.4, -0.2) is 33.6 Å². The molecule has 2 aromatic heterocycles. The van der Waals surface area contributed by atoms with Crippen molar-refractivity contribution in [2.45, 2.75) is 18.9 Å². The molecule has 0 aliphatic carbocycles. The summed E-state index contributed by atoms with van der Waals surface area (Å²) in [5.74, 6) is -0.146. The van der Waals surface area contributed by atoms with Crippen molar-refractivity contribution in [3.63, 3.8) is 0 Å². The average Bonchev–Trinajstić information content (AvgIpc) is 3.11. The molecule has 0 bridgehead atoms. The lowest BCUT2D eigenvalue weighted by Gasteiger charge is -2.16. The Labute approximate surface area is 150 Å². The second-order valence-electron chi connectivity index (χ2n) is 5.67. The summed E-state index contributed by atoms with van der Waals surface area (Å²) in [5.41, 5.74) is 2.59. The number of thiazole rings is 1. The van der Waals surface area contributed by atoms with Crippen molar-refractivity contribution in [2.24, 2.45) is 0 Å². The highest BCUT2D eigenvalue weighted by atomic mass is 32.1. The van der Waals surface area contributed by atoms with E-state index in [0.29, 0.717) is 12.1 Å². The Bertz CT molecular complexity index is 806. The Morgan fingerprint density at radius 1 is 1.16 bits per heavy atom. The minimum Gasteiger partial charge on any atom is -0.394 e. The number of aliphatic hydroxyl groups excluding tert-OH is 1. The zero-order valence-electron chi connectivity index (χ0n) is 13.6. The van der Waals surface area contributed by atoms with Crippen molar-refractivity contribution in [3.8, 4) is 10.7 Å². The van der Waals surface area contributed by atoms with Gasteiger partial charge in [0.25, 0.3) is 0 Å². The van der Waals surface area contributed by atoms with Crippen LogP contribution in [-0.2, 0) is 17.6 Å². The summed E-state index contributed by atoms with van der Waals surface area (Å²) in [5, 5.41) is 15.1. The molecule has 3 rings (SSSR count). The molecule has 2 N–H and O–H groups in total. The van der Waals surface area contributed by atoms with Crippen molar-refractivity contribution < 1.29 is 9.90 Å². The van der Waals surface area contributed by atoms with Gasteiger partial charge in [0.05, 0.1) is 30.5 Å². The Morgan fingerprint density at radius 3 is 2.68 bits per heavy atom. The highest BCUT2D eigenvalue weighted by Crippen LogP contribution is 2.21. The van der Waals surface area contributed by atoms with E-state index in [0.717, 1.165) is 16.3 Å². The Balaban J connectivity index is 1.57. The van der Waals surface area contributed by atoms with Crippen molar-refractivity contribution >= 4 is 17.2 Å². The number of hydrogen-bond donors (Lipinski definition) is 2. The summed E-state index contributed by atoms with van der Waals surface area (Å²) in [7, 11) is 0. The first-order valence-electron chi connectivity index (χ1n) is 8.04. The maximum absolute atomic E-state index is 12.2. The van der Waals surface area contributed by atoms with Crippen LogP contribution < -0.4 is 5.32 Å². The van der Waals surface area contributed by atoms with E-state index in [9.17, 15) is 9.90 Å². The van der Waals surface area contributed by atoms with Crippen LogP contribution in [0.25, 0.3) is 10.7 Å². The highest BCUT2D eigenvalue weighted by molar-refractivity contribution is 7.13. The van der Waals surface area contributed by atoms with E-state index in [4.69, 9.17) is 0 Å². The Morgan fingerprint density at radius 2 is 1.96 bits per heavy atom. The van der Waals surface area contributed by atoms with E-state index in [2.05, 4.69) is 15.3 Å². The molecule has 0 saturated heterocycles. The van der Waals surface area contributed by atoms with Gasteiger partial charge in [-0.3, -0.25) is 9.78 Å². The van der Waals surface area contributed by atoms with Gasteiger partial charge in [0, 0.05) is 11.6 Å². The van der Waals surface area contributed by atoms with Crippen molar-refractivity contribution in [3.05, 3.63) is 71.4 Å². The van der Waals surface area contributed by atoms with Crippen LogP contribution in [0.1, 0.15) is 11.3 Å². The van der Waals surface area contributed by atoms with Crippen molar-refractivity contribution in [1.82, 2.24) is 15.3 Å². The van der Waals surface area contributed by atoms with Crippen LogP contribution in [0, 0.1) is 0 Å². The predicted octanol–water partition coefficient (Wildman–Crippen LogP) is 2.47. The maximum Gasteiger partial charge on any atom is 0.226 e. The second kappa shape index (κ2) is 8.50. The van der Waals surface area contributed by atoms with Crippen molar-refractivity contribution in [1.29, 1.82) is 0 Å². The molecule has 0 spiro atoms. The molecular weight excluding hydrogens is 334 g/mol. The third-order valence-electron chi connectivity index (χ3n) is 3.69. The number of benzene rings is 1. The van der Waals surface area contributed by atoms with Crippen molar-refractivity contribution in [2.75, 3.05) is 6.61 Å². The summed E-state index contributed by atoms with van der Waals surface area (Å²) < 4.78 is 0. The first-order valence-corrected chi connectivity index (χ1v) is 8.92. The second-order valence-corrected chi connectivity index (χ2v) is 6.53. The normalized spacial score (nSPS) is 11.9. The molecule has 0 saturated carbocycles. The molecule has 25 heavy (non-hydrogen) atoms. The van der Waals surface area contributed by atoms with E-state index in [1.54, 1.807) is 6.20 Å². The fourth-order valence-corrected chi connectivity index (χ4v) is 3.29. The van der Waals surface area contributed by atoms with Gasteiger partial charge in [-0.05, 0) is 24.1 Å². The van der Waals surface area contributed by atoms with Crippen LogP contribution in [0.4, 0.5) is 0 Å². The van der Waals surface area contributed by atoms with E-state index < -0.39 is 0 Å². The number of nitrogens with zero attached hydrogens (tertiary/aromatic N) is 2. The molecule has 0 fully saturated rings. The summed E-state index contributed by atoms with van der Waals surface area (Å²) in [6, 6.07) is 15.1. The number of aromatic nitrogens is 2. The molecule has 0 aliphatic heterocycles. The van der Waals surface area contributed by atoms with Gasteiger partial charge in [-0.25, -0.2) is 4.98 Å². The zero-order chi connectivity index (χ0) is 17.5. The Hall–Kier alpha value is -2.57. The molecule has 0 aliphatic rings. The minimum absolute atomic E-state index is 0.100. The average molecular weight is 353 g/mol. The molecule has 128 valence electrons. The molecule has 3 aromatic rings. The standard InChI is InChI=1S/C19H19N3O2S/c23-12-15(10-14-6-2-1-3-7-14)21-18(24)11-16-13-25-19(22-16)17-8-4-5-9-20-17/h1-9,13,15,23H,10-12H2,(H,21,24)/t15-/m0/s1. The number of amides is 1. The topological polar surface area (TPSA) is 75.1 Å². The van der Waals surface area contributed by atoms with Gasteiger partial charge in [-0.15, -0.1) is 11.3 Å². The predicted molar refractivity (Wildman–Crippen MR) is 98.2 cm³/mol. The summed E-state index contributed by atoms with van der Waals surface area (Å²) in [6.45, 7) is -0.100. The number of rotatable bonds is 7. The van der Waals surface area contributed by atoms with E-state index in [1.807, 2.05) is 53.9 Å². The molecule has 5 nitrogen and oxygen atoms in total. The maximum atomic E-state index is 12.2. The number of carbonyl (C=O) groups excluding carboxylic acids is 1. The highest BCUT2D eigenvalue weighted by Gasteiger charge is 2.14. The number of carbonyl (C=O) groups is 1. The van der Waals surface area contributed by atoms with Crippen LogP contribution in [0.3, 0.4) is 0 Å². The molecular formula is C19H19N3O2S. The smallest absolute Gasteiger partial charge is 0.226 e. The molecule has 1 amide bonds. The fourth-order valence-electron chi connectivity index (χ4n) is 2.50. The lowest BCUT2D eigenvalue weighted by atomic mass is 10.1. The zero-order valence-corrected chi connectivity index (χ0v) is 14.4. The first kappa shape index (κ1) is 17.3. The number of aliphatic hydroxyl groups is 1. The first-order chi connectivity index (χ1) is 12.2. The van der Waals surface area contributed by atoms with Gasteiger partial charge in [-0.1, -0.05) is 36.4 Å². The lowest BCUT2D eigenvalue weighted by molar-refractivity contribution is -0.121. The van der Waals surface area contributed by atoms with Crippen LogP contribution in [0.15, 0.2) is 60.1 Å². The quantitative estimate of drug-likeness (QED) is 0.684. The van der Waals surface area contributed by atoms with E-state index >= 15 is 0 Å². The van der Waals surface area contributed by atoms with Gasteiger partial charge >= 0.3 is 0 Å². The van der Waals surface area contributed by atoms with Gasteiger partial charge in [-0.2, -0.15) is 0 Å². The van der Waals surface area contributed by atoms with Gasteiger partial charge in [0.1, 0.15) is 5.01 Å². The monoisotopic (exact) mass is 353 g/mol. The van der Waals surface area contributed by atoms with Crippen LogP contribution >= 0.6 is 11.3 Å². The third kappa shape index (κ3) is 4.95. The van der Waals surface area contributed by atoms with Crippen LogP contribution in [0.2, 0.25) is 0 Å². The summed E-state index contributed by atoms with van der Waals surface area (Å²) >= 11 is 1.47. The molecule has 0 radical (unpaired) electrons. The van der Waals surface area contributed by atoms with Gasteiger partial charge in [0.2, 0.25) is 5.91 Å². The molecule has 1 atom stereocenters. The van der Waals surface area contributed by atoms with Gasteiger partial charge < -0.3 is 10.4 Å². The molecule has 6 heteroatoms. The number of nitrogens with one attached hydrogen (secondary N) is 1. The lowest BCUT2D eigenvalue weighted by Crippen LogP contribution is -2.39. The summed E-state index contributed by atoms with van der Waals surface area (Å²) in [6.07, 6.45) is 2.51. The minimum atomic E-state index is -0.302. The SMILES string of the molecule is O=C(Cc1csc(-c2ccccn2)n1)N[C@H](CO)Cc1ccccc1. The largest absolute Gasteiger partial charge is 0.394 e. The van der Waals surface area contributed by atoms with Gasteiger partial charge in [0.15, 0.2) is 0 Å². The molecule has 2 heterocycles. The summed E-state index contributed by atoms with van der Waals surface area (Å²) in [4.78, 5) is 21.0. The third-order valence-corrected chi connectivity index (χ3v) is 4.60. The van der Waals surface area contributed by atoms with Crippen LogP contribution in [0.5, 0.6) is 0 Å². The number of hydrogen-bond acceptors (Lipinski definition) is 5. The molecule has 1 aromatic carbocycles. The molecule has 0 unspecified atom stereocenters. The number of pyridine rings is 1.